The molecule has 1 aromatic carbocycles. The third kappa shape index (κ3) is 2.54. The molecule has 3 rings (SSSR count). The maximum absolute atomic E-state index is 10.8. The van der Waals surface area contributed by atoms with Crippen molar-refractivity contribution in [1.82, 2.24) is 19.9 Å². The first-order valence-corrected chi connectivity index (χ1v) is 4.73. The molecule has 0 bridgehead atoms. The Morgan fingerprint density at radius 3 is 2.75 bits per heavy atom. The van der Waals surface area contributed by atoms with Gasteiger partial charge in [-0.05, 0) is 12.1 Å². The van der Waals surface area contributed by atoms with Gasteiger partial charge >= 0.3 is 0 Å². The third-order valence-electron chi connectivity index (χ3n) is 1.89. The fourth-order valence-corrected chi connectivity index (χ4v) is 1.20. The van der Waals surface area contributed by atoms with E-state index in [9.17, 15) is 4.79 Å². The quantitative estimate of drug-likeness (QED) is 0.593. The topological polar surface area (TPSA) is 74.4 Å². The number of aromatic nitrogens is 4. The summed E-state index contributed by atoms with van der Waals surface area (Å²) < 4.78 is 0. The van der Waals surface area contributed by atoms with Crippen LogP contribution in [0.25, 0.3) is 11.0 Å². The SMILES string of the molecule is O=c1cnc2ccccc2[nH]1.c1c[nH]cn1. The van der Waals surface area contributed by atoms with Crippen LogP contribution in [0.3, 0.4) is 0 Å². The Balaban J connectivity index is 0.000000162. The summed E-state index contributed by atoms with van der Waals surface area (Å²) in [5.74, 6) is 0. The molecule has 0 spiro atoms. The van der Waals surface area contributed by atoms with Crippen molar-refractivity contribution in [3.63, 3.8) is 0 Å². The summed E-state index contributed by atoms with van der Waals surface area (Å²) in [7, 11) is 0. The highest BCUT2D eigenvalue weighted by atomic mass is 16.1. The van der Waals surface area contributed by atoms with Gasteiger partial charge in [-0.15, -0.1) is 0 Å². The minimum Gasteiger partial charge on any atom is -0.351 e. The number of aromatic amines is 2. The van der Waals surface area contributed by atoms with Gasteiger partial charge < -0.3 is 9.97 Å². The minimum absolute atomic E-state index is 0.163. The van der Waals surface area contributed by atoms with Gasteiger partial charge in [-0.2, -0.15) is 0 Å². The number of fused-ring (bicyclic) bond motifs is 1. The summed E-state index contributed by atoms with van der Waals surface area (Å²) in [6, 6.07) is 7.42. The van der Waals surface area contributed by atoms with E-state index in [1.165, 1.54) is 6.20 Å². The van der Waals surface area contributed by atoms with E-state index in [0.717, 1.165) is 11.0 Å². The van der Waals surface area contributed by atoms with Gasteiger partial charge in [0.2, 0.25) is 0 Å². The van der Waals surface area contributed by atoms with Crippen LogP contribution in [-0.2, 0) is 0 Å². The maximum Gasteiger partial charge on any atom is 0.266 e. The fourth-order valence-electron chi connectivity index (χ4n) is 1.20. The number of imidazole rings is 1. The molecule has 2 N–H and O–H groups in total. The number of rotatable bonds is 0. The van der Waals surface area contributed by atoms with Crippen LogP contribution >= 0.6 is 0 Å². The molecule has 0 aliphatic rings. The van der Waals surface area contributed by atoms with E-state index in [4.69, 9.17) is 0 Å². The van der Waals surface area contributed by atoms with Crippen molar-refractivity contribution >= 4 is 11.0 Å². The molecule has 80 valence electrons. The average molecular weight is 214 g/mol. The highest BCUT2D eigenvalue weighted by molar-refractivity contribution is 5.72. The smallest absolute Gasteiger partial charge is 0.266 e. The van der Waals surface area contributed by atoms with Crippen molar-refractivity contribution < 1.29 is 0 Å². The van der Waals surface area contributed by atoms with Gasteiger partial charge in [-0.1, -0.05) is 12.1 Å². The van der Waals surface area contributed by atoms with Crippen molar-refractivity contribution in [3.8, 4) is 0 Å². The lowest BCUT2D eigenvalue weighted by molar-refractivity contribution is 1.22. The Hall–Kier alpha value is -2.43. The zero-order valence-corrected chi connectivity index (χ0v) is 8.42. The Morgan fingerprint density at radius 1 is 1.19 bits per heavy atom. The molecule has 2 heterocycles. The molecule has 5 nitrogen and oxygen atoms in total. The molecule has 0 amide bonds. The third-order valence-corrected chi connectivity index (χ3v) is 1.89. The molecular weight excluding hydrogens is 204 g/mol. The van der Waals surface area contributed by atoms with Crippen LogP contribution in [0.4, 0.5) is 0 Å². The van der Waals surface area contributed by atoms with E-state index in [-0.39, 0.29) is 5.56 Å². The van der Waals surface area contributed by atoms with Crippen molar-refractivity contribution in [2.45, 2.75) is 0 Å². The van der Waals surface area contributed by atoms with Crippen LogP contribution in [0.1, 0.15) is 0 Å². The molecule has 2 aromatic heterocycles. The number of para-hydroxylation sites is 2. The highest BCUT2D eigenvalue weighted by Gasteiger charge is 1.90. The van der Waals surface area contributed by atoms with Gasteiger partial charge in [0.1, 0.15) is 0 Å². The zero-order valence-electron chi connectivity index (χ0n) is 8.42. The Bertz CT molecular complexity index is 583. The van der Waals surface area contributed by atoms with Crippen molar-refractivity contribution in [2.75, 3.05) is 0 Å². The molecule has 0 unspecified atom stereocenters. The fraction of sp³-hybridized carbons (Fsp3) is 0. The first-order valence-electron chi connectivity index (χ1n) is 4.73. The molecule has 0 aliphatic carbocycles. The molecule has 3 aromatic rings. The molecule has 0 atom stereocenters. The number of nitrogens with zero attached hydrogens (tertiary/aromatic N) is 2. The monoisotopic (exact) mass is 214 g/mol. The first kappa shape index (κ1) is 10.1. The molecular formula is C11H10N4O. The lowest BCUT2D eigenvalue weighted by atomic mass is 10.3. The van der Waals surface area contributed by atoms with Crippen LogP contribution in [0, 0.1) is 0 Å². The summed E-state index contributed by atoms with van der Waals surface area (Å²) in [6.07, 6.45) is 6.36. The van der Waals surface area contributed by atoms with E-state index in [1.807, 2.05) is 24.3 Å². The van der Waals surface area contributed by atoms with E-state index >= 15 is 0 Å². The van der Waals surface area contributed by atoms with Crippen LogP contribution in [0.5, 0.6) is 0 Å². The second kappa shape index (κ2) is 4.88. The number of benzene rings is 1. The molecule has 0 aliphatic heterocycles. The van der Waals surface area contributed by atoms with Gasteiger partial charge in [0.15, 0.2) is 0 Å². The van der Waals surface area contributed by atoms with Crippen LogP contribution < -0.4 is 5.56 Å². The standard InChI is InChI=1S/C8H6N2O.C3H4N2/c11-8-5-9-6-3-1-2-4-7(6)10-8;1-2-5-3-4-1/h1-5H,(H,10,11);1-3H,(H,4,5). The summed E-state index contributed by atoms with van der Waals surface area (Å²) in [6.45, 7) is 0. The normalized spacial score (nSPS) is 9.50. The van der Waals surface area contributed by atoms with Gasteiger partial charge in [-0.25, -0.2) is 9.97 Å². The molecule has 0 radical (unpaired) electrons. The van der Waals surface area contributed by atoms with Gasteiger partial charge in [0.25, 0.3) is 5.56 Å². The van der Waals surface area contributed by atoms with Crippen molar-refractivity contribution in [2.24, 2.45) is 0 Å². The number of nitrogens with one attached hydrogen (secondary N) is 2. The summed E-state index contributed by atoms with van der Waals surface area (Å²) in [5.41, 5.74) is 1.43. The van der Waals surface area contributed by atoms with Crippen molar-refractivity contribution in [1.29, 1.82) is 0 Å². The van der Waals surface area contributed by atoms with E-state index < -0.39 is 0 Å². The van der Waals surface area contributed by atoms with Crippen LogP contribution in [0.2, 0.25) is 0 Å². The second-order valence-corrected chi connectivity index (χ2v) is 3.03. The van der Waals surface area contributed by atoms with Crippen LogP contribution in [-0.4, -0.2) is 19.9 Å². The Kier molecular flexibility index (Phi) is 3.08. The maximum atomic E-state index is 10.8. The average Bonchev–Trinajstić information content (AvgIpc) is 2.87. The summed E-state index contributed by atoms with van der Waals surface area (Å²) in [4.78, 5) is 23.8. The molecule has 5 heteroatoms. The number of hydrogen-bond donors (Lipinski definition) is 2. The van der Waals surface area contributed by atoms with E-state index in [0.29, 0.717) is 0 Å². The summed E-state index contributed by atoms with van der Waals surface area (Å²) >= 11 is 0. The first-order chi connectivity index (χ1) is 7.86. The van der Waals surface area contributed by atoms with Gasteiger partial charge in [0.05, 0.1) is 23.6 Å². The second-order valence-electron chi connectivity index (χ2n) is 3.03. The largest absolute Gasteiger partial charge is 0.351 e. The molecule has 0 fully saturated rings. The zero-order chi connectivity index (χ0) is 11.2. The summed E-state index contributed by atoms with van der Waals surface area (Å²) in [5, 5.41) is 0. The minimum atomic E-state index is -0.163. The number of hydrogen-bond acceptors (Lipinski definition) is 3. The Labute approximate surface area is 91.2 Å². The Morgan fingerprint density at radius 2 is 2.06 bits per heavy atom. The van der Waals surface area contributed by atoms with Crippen LogP contribution in [0.15, 0.2) is 54.0 Å². The molecule has 0 saturated heterocycles. The highest BCUT2D eigenvalue weighted by Crippen LogP contribution is 2.02. The van der Waals surface area contributed by atoms with Crippen molar-refractivity contribution in [3.05, 3.63) is 59.5 Å². The molecule has 16 heavy (non-hydrogen) atoms. The lowest BCUT2D eigenvalue weighted by Crippen LogP contribution is -2.04. The van der Waals surface area contributed by atoms with E-state index in [2.05, 4.69) is 19.9 Å². The van der Waals surface area contributed by atoms with Gasteiger partial charge in [0, 0.05) is 12.4 Å². The molecule has 0 saturated carbocycles. The number of H-pyrrole nitrogens is 2. The predicted octanol–water partition coefficient (Wildman–Crippen LogP) is 1.33. The van der Waals surface area contributed by atoms with Gasteiger partial charge in [-0.3, -0.25) is 4.79 Å². The predicted molar refractivity (Wildman–Crippen MR) is 61.0 cm³/mol. The van der Waals surface area contributed by atoms with E-state index in [1.54, 1.807) is 18.7 Å². The lowest BCUT2D eigenvalue weighted by Gasteiger charge is -1.92.